The van der Waals surface area contributed by atoms with E-state index in [-0.39, 0.29) is 69.5 Å². The quantitative estimate of drug-likeness (QED) is 0.0424. The van der Waals surface area contributed by atoms with E-state index < -0.39 is 101 Å². The molecule has 4 aromatic heterocycles. The molecule has 0 aliphatic carbocycles. The first-order valence-electron chi connectivity index (χ1n) is 19.0. The van der Waals surface area contributed by atoms with Crippen LogP contribution in [0.1, 0.15) is 40.2 Å². The SMILES string of the molecule is CC(C)CNC(=O)[C@@H](OC[C@H]1O[C@@H](n2cnc3c(N)nc(Cl)nc32)[C@H](O)[C@@H]1O)P(=O)(O)O.CC(C)CNC(=O)[C@H](OC[C@H]1O[C@@H](n2cnc3c(N)nc(Cl)nc32)[C@H](O)[C@@H]1O)P(=O)(O)O. The number of nitrogens with one attached hydrogen (secondary N) is 2. The average Bonchev–Trinajstić information content (AvgIpc) is 3.94. The molecular formula is C32H48Cl2N12O16P2. The zero-order chi connectivity index (χ0) is 47.6. The number of halogens is 2. The highest BCUT2D eigenvalue weighted by Gasteiger charge is 2.48. The number of carbonyl (C=O) groups is 2. The highest BCUT2D eigenvalue weighted by Crippen LogP contribution is 2.44. The van der Waals surface area contributed by atoms with Crippen molar-refractivity contribution in [3.63, 3.8) is 0 Å². The molecule has 2 aliphatic rings. The molecule has 6 rings (SSSR count). The first-order chi connectivity index (χ1) is 29.8. The minimum absolute atomic E-state index is 0.00330. The van der Waals surface area contributed by atoms with Crippen molar-refractivity contribution in [2.45, 2.75) is 88.5 Å². The molecule has 10 atom stereocenters. The van der Waals surface area contributed by atoms with Gasteiger partial charge in [-0.3, -0.25) is 27.9 Å². The number of ether oxygens (including phenoxy) is 4. The van der Waals surface area contributed by atoms with E-state index in [0.29, 0.717) is 0 Å². The van der Waals surface area contributed by atoms with Gasteiger partial charge < -0.3 is 81.0 Å². The van der Waals surface area contributed by atoms with Crippen molar-refractivity contribution < 1.29 is 77.7 Å². The second kappa shape index (κ2) is 20.8. The van der Waals surface area contributed by atoms with Crippen LogP contribution >= 0.6 is 38.4 Å². The maximum atomic E-state index is 12.2. The Morgan fingerprint density at radius 2 is 1.03 bits per heavy atom. The number of aliphatic hydroxyl groups is 4. The molecule has 64 heavy (non-hydrogen) atoms. The van der Waals surface area contributed by atoms with Crippen LogP contribution in [0.5, 0.6) is 0 Å². The Morgan fingerprint density at radius 1 is 0.688 bits per heavy atom. The van der Waals surface area contributed by atoms with E-state index in [4.69, 9.17) is 53.6 Å². The smallest absolute Gasteiger partial charge is 0.363 e. The van der Waals surface area contributed by atoms with Crippen molar-refractivity contribution in [1.82, 2.24) is 49.7 Å². The lowest BCUT2D eigenvalue weighted by molar-refractivity contribution is -0.133. The van der Waals surface area contributed by atoms with Crippen molar-refractivity contribution in [1.29, 1.82) is 0 Å². The molecule has 0 saturated carbocycles. The van der Waals surface area contributed by atoms with Crippen LogP contribution in [0.3, 0.4) is 0 Å². The van der Waals surface area contributed by atoms with Gasteiger partial charge in [-0.05, 0) is 35.0 Å². The van der Waals surface area contributed by atoms with Gasteiger partial charge in [-0.25, -0.2) is 9.97 Å². The van der Waals surface area contributed by atoms with E-state index in [1.807, 2.05) is 27.7 Å². The lowest BCUT2D eigenvalue weighted by Crippen LogP contribution is -2.41. The number of nitrogen functional groups attached to an aromatic ring is 2. The molecule has 6 heterocycles. The minimum atomic E-state index is -4.99. The van der Waals surface area contributed by atoms with E-state index >= 15 is 0 Å². The van der Waals surface area contributed by atoms with Gasteiger partial charge in [0.15, 0.2) is 35.4 Å². The van der Waals surface area contributed by atoms with Gasteiger partial charge in [0, 0.05) is 13.1 Å². The molecule has 0 unspecified atom stereocenters. The summed E-state index contributed by atoms with van der Waals surface area (Å²) in [5, 5.41) is 46.1. The summed E-state index contributed by atoms with van der Waals surface area (Å²) in [6.45, 7) is 6.42. The van der Waals surface area contributed by atoms with E-state index in [9.17, 15) is 58.7 Å². The fourth-order valence-corrected chi connectivity index (χ4v) is 7.89. The summed E-state index contributed by atoms with van der Waals surface area (Å²) in [6, 6.07) is 0. The van der Waals surface area contributed by atoms with Crippen LogP contribution in [-0.4, -0.2) is 165 Å². The largest absolute Gasteiger partial charge is 0.387 e. The van der Waals surface area contributed by atoms with Crippen LogP contribution in [0, 0.1) is 11.8 Å². The summed E-state index contributed by atoms with van der Waals surface area (Å²) in [5.74, 6) is -6.11. The molecule has 2 amide bonds. The molecular weight excluding hydrogens is 941 g/mol. The molecule has 0 aromatic carbocycles. The highest BCUT2D eigenvalue weighted by molar-refractivity contribution is 7.53. The van der Waals surface area contributed by atoms with Crippen LogP contribution in [0.15, 0.2) is 12.7 Å². The standard InChI is InChI=1S/2C16H24ClN6O8P/c2*1-6(2)3-19-13(26)15(32(27,28)29)30-4-7-9(24)10(25)14(31-7)23-5-20-8-11(18)21-16(17)22-12(8)23/h2*5-7,9-10,14-15,24-25H,3-4H2,1-2H3,(H,19,26)(H2,18,21,22)(H2,27,28,29)/t7-,9-,10-,14-,15+;7-,9-,10-,14-,15-/m11/s1. The van der Waals surface area contributed by atoms with E-state index in [1.54, 1.807) is 0 Å². The topological polar surface area (TPSA) is 430 Å². The van der Waals surface area contributed by atoms with Gasteiger partial charge in [0.25, 0.3) is 11.8 Å². The molecule has 2 fully saturated rings. The lowest BCUT2D eigenvalue weighted by Gasteiger charge is -2.22. The number of anilines is 2. The first-order valence-corrected chi connectivity index (χ1v) is 23.1. The van der Waals surface area contributed by atoms with Crippen LogP contribution in [0.25, 0.3) is 22.3 Å². The Balaban J connectivity index is 0.000000241. The van der Waals surface area contributed by atoms with E-state index in [0.717, 1.165) is 0 Å². The summed E-state index contributed by atoms with van der Waals surface area (Å²) < 4.78 is 47.6. The number of hydrogen-bond donors (Lipinski definition) is 12. The van der Waals surface area contributed by atoms with Crippen molar-refractivity contribution in [3.8, 4) is 0 Å². The van der Waals surface area contributed by atoms with Gasteiger partial charge in [0.2, 0.25) is 22.3 Å². The molecule has 0 bridgehead atoms. The van der Waals surface area contributed by atoms with E-state index in [1.165, 1.54) is 21.8 Å². The molecule has 356 valence electrons. The fourth-order valence-electron chi connectivity index (χ4n) is 6.19. The number of amides is 2. The molecule has 2 aliphatic heterocycles. The van der Waals surface area contributed by atoms with Crippen LogP contribution < -0.4 is 22.1 Å². The number of aliphatic hydroxyl groups excluding tert-OH is 4. The van der Waals surface area contributed by atoms with Crippen molar-refractivity contribution in [2.24, 2.45) is 11.8 Å². The third-order valence-electron chi connectivity index (χ3n) is 9.33. The molecule has 0 spiro atoms. The Kier molecular flexibility index (Phi) is 16.6. The fraction of sp³-hybridized carbons (Fsp3) is 0.625. The van der Waals surface area contributed by atoms with Crippen LogP contribution in [0.2, 0.25) is 10.6 Å². The normalized spacial score (nSPS) is 24.9. The van der Waals surface area contributed by atoms with Crippen molar-refractivity contribution >= 4 is 84.2 Å². The Hall–Kier alpha value is -3.80. The molecule has 2 saturated heterocycles. The van der Waals surface area contributed by atoms with Gasteiger partial charge >= 0.3 is 15.2 Å². The molecule has 28 nitrogen and oxygen atoms in total. The number of hydrogen-bond acceptors (Lipinski definition) is 20. The monoisotopic (exact) mass is 988 g/mol. The van der Waals surface area contributed by atoms with Gasteiger partial charge in [-0.1, -0.05) is 27.7 Å². The summed E-state index contributed by atoms with van der Waals surface area (Å²) in [4.78, 5) is 86.0. The minimum Gasteiger partial charge on any atom is -0.387 e. The first kappa shape index (κ1) is 51.2. The van der Waals surface area contributed by atoms with Crippen LogP contribution in [-0.2, 0) is 37.7 Å². The second-order valence-electron chi connectivity index (χ2n) is 15.3. The van der Waals surface area contributed by atoms with Gasteiger partial charge in [0.05, 0.1) is 25.9 Å². The zero-order valence-corrected chi connectivity index (χ0v) is 37.4. The molecule has 4 aromatic rings. The summed E-state index contributed by atoms with van der Waals surface area (Å²) >= 11 is 11.7. The van der Waals surface area contributed by atoms with Crippen LogP contribution in [0.4, 0.5) is 11.6 Å². The third kappa shape index (κ3) is 12.0. The summed E-state index contributed by atoms with van der Waals surface area (Å²) in [7, 11) is -9.97. The van der Waals surface area contributed by atoms with E-state index in [2.05, 4.69) is 40.5 Å². The summed E-state index contributed by atoms with van der Waals surface area (Å²) in [5.41, 5.74) is 12.2. The molecule has 32 heteroatoms. The van der Waals surface area contributed by atoms with Gasteiger partial charge in [-0.2, -0.15) is 19.9 Å². The predicted octanol–water partition coefficient (Wildman–Crippen LogP) is -2.05. The Labute approximate surface area is 371 Å². The summed E-state index contributed by atoms with van der Waals surface area (Å²) in [6.07, 6.45) is -8.33. The maximum Gasteiger partial charge on any atom is 0.363 e. The number of rotatable bonds is 16. The number of aromatic nitrogens is 8. The third-order valence-corrected chi connectivity index (χ3v) is 11.7. The Morgan fingerprint density at radius 3 is 1.34 bits per heavy atom. The van der Waals surface area contributed by atoms with Gasteiger partial charge in [-0.15, -0.1) is 0 Å². The molecule has 14 N–H and O–H groups in total. The molecule has 0 radical (unpaired) electrons. The van der Waals surface area contributed by atoms with Crippen molar-refractivity contribution in [2.75, 3.05) is 37.8 Å². The second-order valence-corrected chi connectivity index (χ2v) is 19.3. The Bertz CT molecular complexity index is 2220. The zero-order valence-electron chi connectivity index (χ0n) is 34.1. The number of nitrogens with zero attached hydrogens (tertiary/aromatic N) is 8. The predicted molar refractivity (Wildman–Crippen MR) is 221 cm³/mol. The number of imidazole rings is 2. The highest BCUT2D eigenvalue weighted by atomic mass is 35.5. The van der Waals surface area contributed by atoms with Gasteiger partial charge in [0.1, 0.15) is 47.7 Å². The lowest BCUT2D eigenvalue weighted by atomic mass is 10.1. The average molecular weight is 990 g/mol. The number of nitrogens with two attached hydrogens (primary N) is 2. The number of fused-ring (bicyclic) bond motifs is 2. The van der Waals surface area contributed by atoms with Crippen molar-refractivity contribution in [3.05, 3.63) is 23.2 Å². The maximum absolute atomic E-state index is 12.2. The number of carbonyl (C=O) groups excluding carboxylic acids is 2.